The number of aryl methyl sites for hydroxylation is 1. The molecular weight excluding hydrogens is 404 g/mol. The summed E-state index contributed by atoms with van der Waals surface area (Å²) in [5, 5.41) is 9.10. The molecule has 0 spiro atoms. The average Bonchev–Trinajstić information content (AvgIpc) is 2.69. The van der Waals surface area contributed by atoms with Crippen LogP contribution in [0, 0.1) is 18.6 Å². The first-order valence-corrected chi connectivity index (χ1v) is 10.4. The first-order valence-electron chi connectivity index (χ1n) is 9.60. The second kappa shape index (κ2) is 10.4. The Kier molecular flexibility index (Phi) is 7.60. The summed E-state index contributed by atoms with van der Waals surface area (Å²) in [6.45, 7) is 3.66. The summed E-state index contributed by atoms with van der Waals surface area (Å²) in [4.78, 5) is 14.4. The minimum absolute atomic E-state index is 0.0566. The van der Waals surface area contributed by atoms with Crippen molar-refractivity contribution in [2.45, 2.75) is 36.2 Å². The molecule has 0 unspecified atom stereocenters. The fraction of sp³-hybridized carbons (Fsp3) is 0.208. The topological polar surface area (TPSA) is 40.5 Å². The second-order valence-electron chi connectivity index (χ2n) is 7.17. The van der Waals surface area contributed by atoms with E-state index in [0.717, 1.165) is 27.7 Å². The van der Waals surface area contributed by atoms with E-state index in [0.29, 0.717) is 24.5 Å². The van der Waals surface area contributed by atoms with E-state index in [4.69, 9.17) is 5.11 Å². The lowest BCUT2D eigenvalue weighted by atomic mass is 10.1. The fourth-order valence-corrected chi connectivity index (χ4v) is 4.09. The number of benzene rings is 3. The Morgan fingerprint density at radius 3 is 2.33 bits per heavy atom. The van der Waals surface area contributed by atoms with Gasteiger partial charge in [-0.1, -0.05) is 53.7 Å². The van der Waals surface area contributed by atoms with Crippen molar-refractivity contribution in [2.24, 2.45) is 0 Å². The van der Waals surface area contributed by atoms with Crippen molar-refractivity contribution in [3.8, 4) is 0 Å². The Morgan fingerprint density at radius 2 is 1.67 bits per heavy atom. The zero-order chi connectivity index (χ0) is 21.5. The number of hydrogen-bond acceptors (Lipinski definition) is 3. The van der Waals surface area contributed by atoms with E-state index in [1.807, 2.05) is 49.4 Å². The molecule has 156 valence electrons. The lowest BCUT2D eigenvalue weighted by Crippen LogP contribution is -2.25. The minimum atomic E-state index is -0.833. The van der Waals surface area contributed by atoms with Crippen molar-refractivity contribution in [1.82, 2.24) is 4.90 Å². The minimum Gasteiger partial charge on any atom is -0.481 e. The van der Waals surface area contributed by atoms with Gasteiger partial charge in [-0.05, 0) is 42.3 Å². The monoisotopic (exact) mass is 427 g/mol. The number of halogens is 2. The number of rotatable bonds is 9. The van der Waals surface area contributed by atoms with Gasteiger partial charge < -0.3 is 5.11 Å². The quantitative estimate of drug-likeness (QED) is 0.461. The molecule has 0 aromatic heterocycles. The molecule has 0 heterocycles. The number of aliphatic carboxylic acids is 1. The van der Waals surface area contributed by atoms with Crippen molar-refractivity contribution in [3.05, 3.63) is 95.1 Å². The Hall–Kier alpha value is -2.70. The maximum Gasteiger partial charge on any atom is 0.304 e. The van der Waals surface area contributed by atoms with Gasteiger partial charge in [-0.15, -0.1) is 0 Å². The van der Waals surface area contributed by atoms with Crippen molar-refractivity contribution in [3.63, 3.8) is 0 Å². The second-order valence-corrected chi connectivity index (χ2v) is 8.28. The molecule has 3 aromatic rings. The molecule has 0 saturated heterocycles. The molecule has 1 N–H and O–H groups in total. The molecule has 3 rings (SSSR count). The van der Waals surface area contributed by atoms with Crippen molar-refractivity contribution in [1.29, 1.82) is 0 Å². The molecular formula is C24H23F2NO2S. The third-order valence-corrected chi connectivity index (χ3v) is 5.60. The number of carboxylic acids is 1. The van der Waals surface area contributed by atoms with Gasteiger partial charge in [-0.2, -0.15) is 0 Å². The molecule has 0 bridgehead atoms. The van der Waals surface area contributed by atoms with Gasteiger partial charge in [-0.25, -0.2) is 8.78 Å². The zero-order valence-electron chi connectivity index (χ0n) is 16.6. The number of nitrogens with zero attached hydrogens (tertiary/aromatic N) is 1. The molecule has 3 aromatic carbocycles. The van der Waals surface area contributed by atoms with Crippen LogP contribution in [-0.4, -0.2) is 22.5 Å². The lowest BCUT2D eigenvalue weighted by Gasteiger charge is -2.22. The van der Waals surface area contributed by atoms with Crippen LogP contribution in [0.4, 0.5) is 8.78 Å². The Balaban J connectivity index is 1.74. The third-order valence-electron chi connectivity index (χ3n) is 4.56. The Morgan fingerprint density at radius 1 is 0.967 bits per heavy atom. The molecule has 0 saturated carbocycles. The van der Waals surface area contributed by atoms with E-state index in [2.05, 4.69) is 11.0 Å². The van der Waals surface area contributed by atoms with Crippen LogP contribution in [0.1, 0.15) is 23.1 Å². The molecule has 0 fully saturated rings. The largest absolute Gasteiger partial charge is 0.481 e. The molecule has 30 heavy (non-hydrogen) atoms. The van der Waals surface area contributed by atoms with Gasteiger partial charge in [0.2, 0.25) is 0 Å². The highest BCUT2D eigenvalue weighted by molar-refractivity contribution is 7.99. The number of carbonyl (C=O) groups is 1. The highest BCUT2D eigenvalue weighted by Crippen LogP contribution is 2.31. The van der Waals surface area contributed by atoms with Crippen molar-refractivity contribution < 1.29 is 18.7 Å². The van der Waals surface area contributed by atoms with Gasteiger partial charge in [0.15, 0.2) is 0 Å². The van der Waals surface area contributed by atoms with Crippen LogP contribution in [0.15, 0.2) is 76.5 Å². The number of hydrogen-bond donors (Lipinski definition) is 1. The summed E-state index contributed by atoms with van der Waals surface area (Å²) in [5.74, 6) is -2.02. The van der Waals surface area contributed by atoms with E-state index in [1.165, 1.54) is 23.9 Å². The first-order chi connectivity index (χ1) is 14.4. The van der Waals surface area contributed by atoms with E-state index in [1.54, 1.807) is 0 Å². The summed E-state index contributed by atoms with van der Waals surface area (Å²) in [7, 11) is 0. The predicted octanol–water partition coefficient (Wildman–Crippen LogP) is 5.90. The molecule has 0 aliphatic carbocycles. The summed E-state index contributed by atoms with van der Waals surface area (Å²) in [5.41, 5.74) is 3.28. The van der Waals surface area contributed by atoms with Crippen LogP contribution in [-0.2, 0) is 17.9 Å². The molecule has 0 radical (unpaired) electrons. The smallest absolute Gasteiger partial charge is 0.304 e. The maximum atomic E-state index is 14.0. The molecule has 0 aliphatic heterocycles. The standard InChI is InChI=1S/C24H23F2NO2S/c1-17-4-2-5-18(12-17)15-27(11-10-24(28)29)16-19-6-3-7-21(13-19)30-23-9-8-20(25)14-22(23)26/h2-9,12-14H,10-11,15-16H2,1H3,(H,28,29). The highest BCUT2D eigenvalue weighted by atomic mass is 32.2. The molecule has 0 amide bonds. The normalized spacial score (nSPS) is 11.1. The van der Waals surface area contributed by atoms with Gasteiger partial charge in [0.25, 0.3) is 0 Å². The van der Waals surface area contributed by atoms with Gasteiger partial charge >= 0.3 is 5.97 Å². The molecule has 3 nitrogen and oxygen atoms in total. The average molecular weight is 428 g/mol. The van der Waals surface area contributed by atoms with Gasteiger partial charge in [-0.3, -0.25) is 9.69 Å². The van der Waals surface area contributed by atoms with Gasteiger partial charge in [0.05, 0.1) is 6.42 Å². The van der Waals surface area contributed by atoms with Crippen LogP contribution in [0.5, 0.6) is 0 Å². The summed E-state index contributed by atoms with van der Waals surface area (Å²) in [6.07, 6.45) is 0.0566. The van der Waals surface area contributed by atoms with Crippen LogP contribution in [0.25, 0.3) is 0 Å². The van der Waals surface area contributed by atoms with Crippen LogP contribution >= 0.6 is 11.8 Å². The lowest BCUT2D eigenvalue weighted by molar-refractivity contribution is -0.137. The molecule has 0 atom stereocenters. The predicted molar refractivity (Wildman–Crippen MR) is 114 cm³/mol. The molecule has 0 aliphatic rings. The van der Waals surface area contributed by atoms with E-state index >= 15 is 0 Å². The van der Waals surface area contributed by atoms with Crippen LogP contribution < -0.4 is 0 Å². The van der Waals surface area contributed by atoms with Crippen LogP contribution in [0.2, 0.25) is 0 Å². The summed E-state index contributed by atoms with van der Waals surface area (Å²) >= 11 is 1.23. The fourth-order valence-electron chi connectivity index (χ4n) is 3.19. The Bertz CT molecular complexity index is 1030. The van der Waals surface area contributed by atoms with E-state index < -0.39 is 17.6 Å². The summed E-state index contributed by atoms with van der Waals surface area (Å²) < 4.78 is 27.1. The Labute approximate surface area is 179 Å². The van der Waals surface area contributed by atoms with Gasteiger partial charge in [0, 0.05) is 35.5 Å². The highest BCUT2D eigenvalue weighted by Gasteiger charge is 2.11. The SMILES string of the molecule is Cc1cccc(CN(CCC(=O)O)Cc2cccc(Sc3ccc(F)cc3F)c2)c1. The first kappa shape index (κ1) is 22.0. The van der Waals surface area contributed by atoms with Gasteiger partial charge in [0.1, 0.15) is 11.6 Å². The number of carboxylic acid groups (broad SMARTS) is 1. The van der Waals surface area contributed by atoms with E-state index in [-0.39, 0.29) is 6.42 Å². The maximum absolute atomic E-state index is 14.0. The summed E-state index contributed by atoms with van der Waals surface area (Å²) in [6, 6.07) is 19.4. The third kappa shape index (κ3) is 6.68. The van der Waals surface area contributed by atoms with E-state index in [9.17, 15) is 13.6 Å². The van der Waals surface area contributed by atoms with Crippen molar-refractivity contribution in [2.75, 3.05) is 6.54 Å². The van der Waals surface area contributed by atoms with Crippen molar-refractivity contribution >= 4 is 17.7 Å². The van der Waals surface area contributed by atoms with Crippen LogP contribution in [0.3, 0.4) is 0 Å². The zero-order valence-corrected chi connectivity index (χ0v) is 17.5. The molecule has 6 heteroatoms.